The van der Waals surface area contributed by atoms with Gasteiger partial charge in [-0.1, -0.05) is 13.0 Å². The van der Waals surface area contributed by atoms with Crippen LogP contribution in [-0.4, -0.2) is 60.8 Å². The molecule has 1 aromatic carbocycles. The van der Waals surface area contributed by atoms with Crippen LogP contribution in [-0.2, 0) is 6.18 Å². The highest BCUT2D eigenvalue weighted by molar-refractivity contribution is 5.98. The Labute approximate surface area is 195 Å². The van der Waals surface area contributed by atoms with E-state index in [1.807, 2.05) is 0 Å². The summed E-state index contributed by atoms with van der Waals surface area (Å²) in [5.41, 5.74) is -1.56. The lowest BCUT2D eigenvalue weighted by atomic mass is 9.87. The van der Waals surface area contributed by atoms with Crippen LogP contribution < -0.4 is 5.32 Å². The van der Waals surface area contributed by atoms with Gasteiger partial charge in [0.1, 0.15) is 17.1 Å². The molecule has 2 atom stereocenters. The van der Waals surface area contributed by atoms with Gasteiger partial charge in [0.2, 0.25) is 5.95 Å². The third-order valence-corrected chi connectivity index (χ3v) is 5.63. The maximum atomic E-state index is 14.8. The second-order valence-electron chi connectivity index (χ2n) is 8.16. The number of carbonyl (C=O) groups excluding carboxylic acids is 1. The number of carbonyl (C=O) groups is 1. The van der Waals surface area contributed by atoms with Crippen molar-refractivity contribution in [1.82, 2.24) is 29.9 Å². The van der Waals surface area contributed by atoms with Gasteiger partial charge >= 0.3 is 6.18 Å². The second-order valence-corrected chi connectivity index (χ2v) is 8.16. The number of alkyl halides is 5. The number of piperidine rings is 1. The molecule has 2 aromatic heterocycles. The van der Waals surface area contributed by atoms with Gasteiger partial charge in [0.15, 0.2) is 0 Å². The summed E-state index contributed by atoms with van der Waals surface area (Å²) in [7, 11) is 0. The Morgan fingerprint density at radius 1 is 1.17 bits per heavy atom. The molecule has 1 aliphatic rings. The number of aromatic nitrogens is 5. The molecule has 0 bridgehead atoms. The van der Waals surface area contributed by atoms with E-state index in [2.05, 4.69) is 25.5 Å². The van der Waals surface area contributed by atoms with Crippen molar-refractivity contribution >= 4 is 11.9 Å². The van der Waals surface area contributed by atoms with Crippen LogP contribution in [0.4, 0.5) is 32.3 Å². The third kappa shape index (κ3) is 5.20. The number of anilines is 1. The molecule has 186 valence electrons. The van der Waals surface area contributed by atoms with E-state index >= 15 is 0 Å². The highest BCUT2D eigenvalue weighted by atomic mass is 19.4. The summed E-state index contributed by atoms with van der Waals surface area (Å²) in [4.78, 5) is 22.5. The van der Waals surface area contributed by atoms with Crippen LogP contribution in [0.1, 0.15) is 29.3 Å². The molecular formula is C21H19F6N7O. The van der Waals surface area contributed by atoms with Crippen molar-refractivity contribution in [2.45, 2.75) is 31.5 Å². The van der Waals surface area contributed by atoms with E-state index < -0.39 is 59.9 Å². The molecular weight excluding hydrogens is 480 g/mol. The average Bonchev–Trinajstić information content (AvgIpc) is 3.31. The van der Waals surface area contributed by atoms with Crippen molar-refractivity contribution in [2.24, 2.45) is 5.92 Å². The molecule has 35 heavy (non-hydrogen) atoms. The van der Waals surface area contributed by atoms with E-state index in [1.165, 1.54) is 31.5 Å². The van der Waals surface area contributed by atoms with E-state index in [9.17, 15) is 31.1 Å². The molecule has 1 saturated heterocycles. The highest BCUT2D eigenvalue weighted by Crippen LogP contribution is 2.36. The first-order valence-corrected chi connectivity index (χ1v) is 10.4. The number of likely N-dealkylation sites (tertiary alicyclic amines) is 1. The fraction of sp³-hybridized carbons (Fsp3) is 0.381. The molecule has 4 rings (SSSR count). The molecule has 1 amide bonds. The normalized spacial score (nSPS) is 20.0. The number of nitrogens with zero attached hydrogens (tertiary/aromatic N) is 6. The van der Waals surface area contributed by atoms with Crippen molar-refractivity contribution in [1.29, 1.82) is 0 Å². The summed E-state index contributed by atoms with van der Waals surface area (Å²) in [6.45, 7) is 0.374. The molecule has 3 aromatic rings. The third-order valence-electron chi connectivity index (χ3n) is 5.63. The predicted molar refractivity (Wildman–Crippen MR) is 110 cm³/mol. The maximum Gasteiger partial charge on any atom is 0.419 e. The smallest absolute Gasteiger partial charge is 0.352 e. The zero-order chi connectivity index (χ0) is 25.4. The van der Waals surface area contributed by atoms with E-state index in [4.69, 9.17) is 0 Å². The first-order chi connectivity index (χ1) is 16.5. The minimum absolute atomic E-state index is 0.0284. The van der Waals surface area contributed by atoms with Crippen LogP contribution in [0.3, 0.4) is 0 Å². The Hall–Kier alpha value is -3.71. The second kappa shape index (κ2) is 9.15. The van der Waals surface area contributed by atoms with E-state index in [-0.39, 0.29) is 18.2 Å². The molecule has 14 heteroatoms. The lowest BCUT2D eigenvalue weighted by molar-refractivity contribution is -0.138. The first kappa shape index (κ1) is 24.4. The number of halogens is 6. The predicted octanol–water partition coefficient (Wildman–Crippen LogP) is 3.81. The molecule has 0 saturated carbocycles. The number of rotatable bonds is 5. The van der Waals surface area contributed by atoms with Gasteiger partial charge in [-0.25, -0.2) is 23.1 Å². The van der Waals surface area contributed by atoms with E-state index in [0.29, 0.717) is 12.4 Å². The largest absolute Gasteiger partial charge is 0.419 e. The molecule has 1 aliphatic heterocycles. The maximum absolute atomic E-state index is 14.8. The van der Waals surface area contributed by atoms with Crippen molar-refractivity contribution in [3.8, 4) is 5.69 Å². The number of hydrogen-bond donors (Lipinski definition) is 1. The van der Waals surface area contributed by atoms with Crippen LogP contribution in [0.25, 0.3) is 5.69 Å². The molecule has 1 N–H and O–H groups in total. The van der Waals surface area contributed by atoms with Gasteiger partial charge in [-0.2, -0.15) is 28.2 Å². The van der Waals surface area contributed by atoms with Crippen LogP contribution in [0.15, 0.2) is 43.0 Å². The summed E-state index contributed by atoms with van der Waals surface area (Å²) in [6.07, 6.45) is -1.37. The van der Waals surface area contributed by atoms with Gasteiger partial charge in [-0.3, -0.25) is 4.79 Å². The van der Waals surface area contributed by atoms with Gasteiger partial charge in [0.25, 0.3) is 11.8 Å². The topological polar surface area (TPSA) is 88.8 Å². The van der Waals surface area contributed by atoms with E-state index in [0.717, 1.165) is 15.8 Å². The Balaban J connectivity index is 1.62. The molecule has 1 fully saturated rings. The zero-order valence-corrected chi connectivity index (χ0v) is 18.2. The van der Waals surface area contributed by atoms with Crippen molar-refractivity contribution in [3.05, 3.63) is 59.9 Å². The molecule has 0 unspecified atom stereocenters. The van der Waals surface area contributed by atoms with Gasteiger partial charge in [0, 0.05) is 25.4 Å². The lowest BCUT2D eigenvalue weighted by Gasteiger charge is -2.43. The van der Waals surface area contributed by atoms with Crippen LogP contribution in [0.5, 0.6) is 0 Å². The summed E-state index contributed by atoms with van der Waals surface area (Å²) < 4.78 is 82.0. The van der Waals surface area contributed by atoms with Gasteiger partial charge < -0.3 is 10.2 Å². The standard InChI is InChI=1S/C21H19F6N7O/c1-12-7-20(23,24)11-33(16(12)10-30-19-28-8-13(9-29-19)21(25,26)27)18(35)17-14(22)3-2-4-15(17)34-31-5-6-32-34/h2-6,8-9,12,16H,7,10-11H2,1H3,(H,28,29,30)/t12-,16-/m1/s1. The van der Waals surface area contributed by atoms with Crippen LogP contribution in [0, 0.1) is 11.7 Å². The van der Waals surface area contributed by atoms with E-state index in [1.54, 1.807) is 0 Å². The molecule has 3 heterocycles. The minimum atomic E-state index is -4.62. The van der Waals surface area contributed by atoms with Gasteiger partial charge in [0.05, 0.1) is 30.5 Å². The quantitative estimate of drug-likeness (QED) is 0.538. The number of nitrogens with one attached hydrogen (secondary N) is 1. The Kier molecular flexibility index (Phi) is 6.38. The van der Waals surface area contributed by atoms with Crippen molar-refractivity contribution < 1.29 is 31.1 Å². The fourth-order valence-electron chi connectivity index (χ4n) is 4.02. The average molecular weight is 499 g/mol. The van der Waals surface area contributed by atoms with Crippen LogP contribution in [0.2, 0.25) is 0 Å². The number of amides is 1. The summed E-state index contributed by atoms with van der Waals surface area (Å²) in [5.74, 6) is -6.10. The Morgan fingerprint density at radius 2 is 1.83 bits per heavy atom. The molecule has 8 nitrogen and oxygen atoms in total. The molecule has 0 radical (unpaired) electrons. The zero-order valence-electron chi connectivity index (χ0n) is 18.2. The van der Waals surface area contributed by atoms with Crippen molar-refractivity contribution in [3.63, 3.8) is 0 Å². The Morgan fingerprint density at radius 3 is 2.46 bits per heavy atom. The van der Waals surface area contributed by atoms with Gasteiger partial charge in [-0.15, -0.1) is 0 Å². The lowest BCUT2D eigenvalue weighted by Crippen LogP contribution is -2.57. The Bertz CT molecular complexity index is 1180. The minimum Gasteiger partial charge on any atom is -0.352 e. The molecule has 0 spiro atoms. The number of hydrogen-bond acceptors (Lipinski definition) is 6. The first-order valence-electron chi connectivity index (χ1n) is 10.4. The van der Waals surface area contributed by atoms with Crippen molar-refractivity contribution in [2.75, 3.05) is 18.4 Å². The molecule has 0 aliphatic carbocycles. The summed E-state index contributed by atoms with van der Waals surface area (Å²) >= 11 is 0. The van der Waals surface area contributed by atoms with Gasteiger partial charge in [-0.05, 0) is 18.1 Å². The monoisotopic (exact) mass is 499 g/mol. The fourth-order valence-corrected chi connectivity index (χ4v) is 4.02. The summed E-state index contributed by atoms with van der Waals surface area (Å²) in [5, 5.41) is 10.5. The van der Waals surface area contributed by atoms with Crippen LogP contribution >= 0.6 is 0 Å². The summed E-state index contributed by atoms with van der Waals surface area (Å²) in [6, 6.07) is 2.87. The highest BCUT2D eigenvalue weighted by Gasteiger charge is 2.47. The number of benzene rings is 1. The SMILES string of the molecule is C[C@@H]1CC(F)(F)CN(C(=O)c2c(F)cccc2-n2nccn2)[C@@H]1CNc1ncc(C(F)(F)F)cn1.